The molecule has 0 aliphatic carbocycles. The molecule has 1 heterocycles. The molecule has 1 aromatic heterocycles. The lowest BCUT2D eigenvalue weighted by atomic mass is 9.92. The maximum atomic E-state index is 15.4. The van der Waals surface area contributed by atoms with Crippen molar-refractivity contribution in [2.45, 2.75) is 32.9 Å². The topological polar surface area (TPSA) is 57.2 Å². The van der Waals surface area contributed by atoms with E-state index in [0.29, 0.717) is 22.4 Å². The van der Waals surface area contributed by atoms with E-state index in [1.54, 1.807) is 30.5 Å². The van der Waals surface area contributed by atoms with Gasteiger partial charge in [0.2, 0.25) is 0 Å². The van der Waals surface area contributed by atoms with Gasteiger partial charge in [-0.1, -0.05) is 60.1 Å². The summed E-state index contributed by atoms with van der Waals surface area (Å²) >= 11 is 6.34. The van der Waals surface area contributed by atoms with Gasteiger partial charge < -0.3 is 15.0 Å². The minimum absolute atomic E-state index is 0.0260. The monoisotopic (exact) mass is 508 g/mol. The molecule has 0 spiro atoms. The molecule has 0 aliphatic heterocycles. The molecule has 186 valence electrons. The molecule has 0 fully saturated rings. The van der Waals surface area contributed by atoms with Crippen molar-refractivity contribution in [3.05, 3.63) is 122 Å². The maximum Gasteiger partial charge on any atom is 0.259 e. The van der Waals surface area contributed by atoms with Crippen LogP contribution in [-0.4, -0.2) is 11.7 Å². The summed E-state index contributed by atoms with van der Waals surface area (Å²) in [4.78, 5) is 13.9. The predicted octanol–water partition coefficient (Wildman–Crippen LogP) is 6.36. The summed E-state index contributed by atoms with van der Waals surface area (Å²) in [6.07, 6.45) is 0.128. The van der Waals surface area contributed by atoms with Crippen molar-refractivity contribution >= 4 is 11.6 Å². The highest BCUT2D eigenvalue weighted by Crippen LogP contribution is 2.33. The van der Waals surface area contributed by atoms with Crippen molar-refractivity contribution < 1.29 is 13.5 Å². The molecule has 4 nitrogen and oxygen atoms in total. The summed E-state index contributed by atoms with van der Waals surface area (Å²) in [6, 6.07) is 18.1. The Balaban J connectivity index is 1.96. The van der Waals surface area contributed by atoms with Crippen LogP contribution in [0.1, 0.15) is 34.0 Å². The Hall–Kier alpha value is -3.48. The van der Waals surface area contributed by atoms with Gasteiger partial charge in [0.05, 0.1) is 12.7 Å². The number of rotatable bonds is 7. The standard InChI is InChI=1S/C29H27ClF2N2O2/c1-17-21(15-22-23(30)12-8-13-24(22)31)18(2)34(16-25(33)19-9-5-4-6-10-19)29(35)27(17)20-11-7-14-26(36-3)28(20)32/h4-14,25H,15-16,33H2,1-3H3. The second-order valence-electron chi connectivity index (χ2n) is 8.70. The van der Waals surface area contributed by atoms with Gasteiger partial charge in [0, 0.05) is 40.9 Å². The van der Waals surface area contributed by atoms with Gasteiger partial charge in [-0.2, -0.15) is 0 Å². The van der Waals surface area contributed by atoms with Crippen LogP contribution >= 0.6 is 11.6 Å². The van der Waals surface area contributed by atoms with E-state index in [1.807, 2.05) is 30.3 Å². The number of nitrogens with two attached hydrogens (primary N) is 1. The van der Waals surface area contributed by atoms with Crippen LogP contribution in [-0.2, 0) is 13.0 Å². The first-order valence-electron chi connectivity index (χ1n) is 11.5. The van der Waals surface area contributed by atoms with Gasteiger partial charge in [0.1, 0.15) is 5.82 Å². The number of hydrogen-bond donors (Lipinski definition) is 1. The lowest BCUT2D eigenvalue weighted by molar-refractivity contribution is 0.387. The summed E-state index contributed by atoms with van der Waals surface area (Å²) in [5, 5.41) is 0.279. The van der Waals surface area contributed by atoms with Gasteiger partial charge >= 0.3 is 0 Å². The Morgan fingerprint density at radius 1 is 0.972 bits per heavy atom. The van der Waals surface area contributed by atoms with E-state index in [1.165, 1.54) is 31.4 Å². The molecule has 36 heavy (non-hydrogen) atoms. The first-order valence-corrected chi connectivity index (χ1v) is 11.9. The van der Waals surface area contributed by atoms with Crippen molar-refractivity contribution in [1.29, 1.82) is 0 Å². The van der Waals surface area contributed by atoms with Gasteiger partial charge in [-0.05, 0) is 48.7 Å². The van der Waals surface area contributed by atoms with Crippen molar-refractivity contribution in [3.63, 3.8) is 0 Å². The molecule has 1 atom stereocenters. The van der Waals surface area contributed by atoms with E-state index < -0.39 is 17.7 Å². The fourth-order valence-electron chi connectivity index (χ4n) is 4.57. The molecule has 0 bridgehead atoms. The second-order valence-corrected chi connectivity index (χ2v) is 9.10. The highest BCUT2D eigenvalue weighted by atomic mass is 35.5. The van der Waals surface area contributed by atoms with Crippen molar-refractivity contribution in [3.8, 4) is 16.9 Å². The third-order valence-electron chi connectivity index (χ3n) is 6.60. The quantitative estimate of drug-likeness (QED) is 0.316. The molecule has 7 heteroatoms. The number of nitrogens with zero attached hydrogens (tertiary/aromatic N) is 1. The molecule has 0 saturated heterocycles. The molecule has 4 aromatic rings. The van der Waals surface area contributed by atoms with Crippen LogP contribution in [0.25, 0.3) is 11.1 Å². The summed E-state index contributed by atoms with van der Waals surface area (Å²) in [7, 11) is 1.37. The van der Waals surface area contributed by atoms with Crippen LogP contribution in [0, 0.1) is 25.5 Å². The summed E-state index contributed by atoms with van der Waals surface area (Å²) < 4.78 is 36.8. The molecule has 0 aliphatic rings. The Labute approximate surface area is 213 Å². The van der Waals surface area contributed by atoms with Gasteiger partial charge in [-0.15, -0.1) is 0 Å². The van der Waals surface area contributed by atoms with Gasteiger partial charge in [0.15, 0.2) is 11.6 Å². The van der Waals surface area contributed by atoms with Crippen LogP contribution in [0.5, 0.6) is 5.75 Å². The molecule has 2 N–H and O–H groups in total. The second kappa shape index (κ2) is 10.6. The molecule has 0 radical (unpaired) electrons. The minimum Gasteiger partial charge on any atom is -0.494 e. The normalized spacial score (nSPS) is 12.0. The molecule has 0 amide bonds. The van der Waals surface area contributed by atoms with Crippen molar-refractivity contribution in [2.75, 3.05) is 7.11 Å². The SMILES string of the molecule is COc1cccc(-c2c(C)c(Cc3c(F)cccc3Cl)c(C)n(CC(N)c3ccccc3)c2=O)c1F. The van der Waals surface area contributed by atoms with Crippen molar-refractivity contribution in [1.82, 2.24) is 4.57 Å². The van der Waals surface area contributed by atoms with Crippen LogP contribution in [0.4, 0.5) is 8.78 Å². The Kier molecular flexibility index (Phi) is 7.57. The van der Waals surface area contributed by atoms with E-state index in [-0.39, 0.29) is 40.4 Å². The molecule has 3 aromatic carbocycles. The number of ether oxygens (including phenoxy) is 1. The highest BCUT2D eigenvalue weighted by molar-refractivity contribution is 6.31. The summed E-state index contributed by atoms with van der Waals surface area (Å²) in [5.41, 5.74) is 9.41. The van der Waals surface area contributed by atoms with Crippen molar-refractivity contribution in [2.24, 2.45) is 5.73 Å². The van der Waals surface area contributed by atoms with Crippen LogP contribution < -0.4 is 16.0 Å². The zero-order chi connectivity index (χ0) is 26.0. The summed E-state index contributed by atoms with van der Waals surface area (Å²) in [5.74, 6) is -1.06. The zero-order valence-corrected chi connectivity index (χ0v) is 21.1. The third-order valence-corrected chi connectivity index (χ3v) is 6.96. The van der Waals surface area contributed by atoms with E-state index >= 15 is 4.39 Å². The van der Waals surface area contributed by atoms with Crippen LogP contribution in [0.3, 0.4) is 0 Å². The maximum absolute atomic E-state index is 15.4. The molecule has 1 unspecified atom stereocenters. The van der Waals surface area contributed by atoms with E-state index in [9.17, 15) is 9.18 Å². The average molecular weight is 509 g/mol. The van der Waals surface area contributed by atoms with Crippen LogP contribution in [0.15, 0.2) is 71.5 Å². The van der Waals surface area contributed by atoms with E-state index in [0.717, 1.165) is 5.56 Å². The zero-order valence-electron chi connectivity index (χ0n) is 20.3. The van der Waals surface area contributed by atoms with Crippen LogP contribution in [0.2, 0.25) is 5.02 Å². The lowest BCUT2D eigenvalue weighted by Gasteiger charge is -2.23. The Bertz CT molecular complexity index is 1450. The molecular formula is C29H27ClF2N2O2. The first kappa shape index (κ1) is 25.6. The fraction of sp³-hybridized carbons (Fsp3) is 0.207. The smallest absolute Gasteiger partial charge is 0.259 e. The number of aromatic nitrogens is 1. The van der Waals surface area contributed by atoms with Gasteiger partial charge in [-0.25, -0.2) is 8.78 Å². The number of methoxy groups -OCH3 is 1. The number of hydrogen-bond acceptors (Lipinski definition) is 3. The van der Waals surface area contributed by atoms with Gasteiger partial charge in [0.25, 0.3) is 5.56 Å². The van der Waals surface area contributed by atoms with Gasteiger partial charge in [-0.3, -0.25) is 4.79 Å². The minimum atomic E-state index is -0.641. The fourth-order valence-corrected chi connectivity index (χ4v) is 4.80. The Morgan fingerprint density at radius 2 is 1.67 bits per heavy atom. The number of pyridine rings is 1. The summed E-state index contributed by atoms with van der Waals surface area (Å²) in [6.45, 7) is 3.70. The molecular weight excluding hydrogens is 482 g/mol. The average Bonchev–Trinajstić information content (AvgIpc) is 2.87. The number of halogens is 3. The first-order chi connectivity index (χ1) is 17.2. The number of benzene rings is 3. The van der Waals surface area contributed by atoms with E-state index in [4.69, 9.17) is 22.1 Å². The lowest BCUT2D eigenvalue weighted by Crippen LogP contribution is -2.31. The third kappa shape index (κ3) is 4.79. The molecule has 4 rings (SSSR count). The Morgan fingerprint density at radius 3 is 2.33 bits per heavy atom. The van der Waals surface area contributed by atoms with E-state index in [2.05, 4.69) is 0 Å². The predicted molar refractivity (Wildman–Crippen MR) is 140 cm³/mol. The molecule has 0 saturated carbocycles. The largest absolute Gasteiger partial charge is 0.494 e. The highest BCUT2D eigenvalue weighted by Gasteiger charge is 2.24.